The van der Waals surface area contributed by atoms with Gasteiger partial charge in [-0.3, -0.25) is 4.79 Å². The van der Waals surface area contributed by atoms with Gasteiger partial charge in [-0.15, -0.1) is 24.0 Å². The summed E-state index contributed by atoms with van der Waals surface area (Å²) in [7, 11) is 3.86. The predicted molar refractivity (Wildman–Crippen MR) is 134 cm³/mol. The Morgan fingerprint density at radius 3 is 2.70 bits per heavy atom. The van der Waals surface area contributed by atoms with Crippen molar-refractivity contribution in [3.05, 3.63) is 29.8 Å². The fourth-order valence-electron chi connectivity index (χ4n) is 3.14. The molecule has 1 saturated heterocycles. The number of methoxy groups -OCH3 is 1. The van der Waals surface area contributed by atoms with Crippen molar-refractivity contribution in [1.82, 2.24) is 20.9 Å². The van der Waals surface area contributed by atoms with Gasteiger partial charge in [-0.05, 0) is 38.1 Å². The van der Waals surface area contributed by atoms with Crippen molar-refractivity contribution in [3.63, 3.8) is 0 Å². The third-order valence-corrected chi connectivity index (χ3v) is 4.78. The van der Waals surface area contributed by atoms with E-state index in [-0.39, 0.29) is 29.9 Å². The number of halogens is 1. The van der Waals surface area contributed by atoms with Crippen LogP contribution < -0.4 is 20.9 Å². The van der Waals surface area contributed by atoms with Crippen LogP contribution in [-0.2, 0) is 16.1 Å². The van der Waals surface area contributed by atoms with E-state index in [1.165, 1.54) is 0 Å². The molecule has 0 aromatic heterocycles. The maximum atomic E-state index is 11.6. The first-order valence-electron chi connectivity index (χ1n) is 10.4. The first kappa shape index (κ1) is 26.4. The molecule has 2 rings (SSSR count). The first-order valence-corrected chi connectivity index (χ1v) is 10.4. The minimum Gasteiger partial charge on any atom is -0.385 e. The number of nitrogens with one attached hydrogen (secondary N) is 3. The summed E-state index contributed by atoms with van der Waals surface area (Å²) in [6.07, 6.45) is 1.04. The van der Waals surface area contributed by atoms with E-state index in [1.54, 1.807) is 7.11 Å². The van der Waals surface area contributed by atoms with Crippen molar-refractivity contribution in [1.29, 1.82) is 0 Å². The molecule has 0 atom stereocenters. The molecule has 1 aromatic rings. The molecule has 30 heavy (non-hydrogen) atoms. The number of benzene rings is 1. The lowest BCUT2D eigenvalue weighted by molar-refractivity contribution is -0.120. The van der Waals surface area contributed by atoms with Crippen LogP contribution >= 0.6 is 24.0 Å². The van der Waals surface area contributed by atoms with Crippen LogP contribution in [0.15, 0.2) is 29.3 Å². The predicted octanol–water partition coefficient (Wildman–Crippen LogP) is 1.26. The number of hydrogen-bond donors (Lipinski definition) is 3. The van der Waals surface area contributed by atoms with Gasteiger partial charge in [-0.25, -0.2) is 4.99 Å². The summed E-state index contributed by atoms with van der Waals surface area (Å²) in [5.41, 5.74) is 2.22. The van der Waals surface area contributed by atoms with E-state index in [9.17, 15) is 4.79 Å². The van der Waals surface area contributed by atoms with E-state index < -0.39 is 0 Å². The summed E-state index contributed by atoms with van der Waals surface area (Å²) in [6, 6.07) is 8.30. The van der Waals surface area contributed by atoms with Crippen molar-refractivity contribution in [2.75, 3.05) is 71.5 Å². The van der Waals surface area contributed by atoms with Crippen LogP contribution in [0.25, 0.3) is 0 Å². The number of hydrogen-bond acceptors (Lipinski definition) is 5. The van der Waals surface area contributed by atoms with E-state index in [0.717, 1.165) is 63.0 Å². The number of carbonyl (C=O) groups is 1. The molecule has 0 bridgehead atoms. The minimum absolute atomic E-state index is 0. The highest BCUT2D eigenvalue weighted by Crippen LogP contribution is 2.16. The van der Waals surface area contributed by atoms with E-state index in [1.807, 2.05) is 0 Å². The quantitative estimate of drug-likeness (QED) is 0.173. The van der Waals surface area contributed by atoms with Gasteiger partial charge in [-0.1, -0.05) is 12.1 Å². The van der Waals surface area contributed by atoms with E-state index in [0.29, 0.717) is 19.6 Å². The summed E-state index contributed by atoms with van der Waals surface area (Å²) in [5.74, 6) is 0.908. The molecule has 0 aliphatic carbocycles. The normalized spacial score (nSPS) is 14.3. The third kappa shape index (κ3) is 9.94. The van der Waals surface area contributed by atoms with Gasteiger partial charge >= 0.3 is 0 Å². The molecule has 1 aromatic carbocycles. The molecule has 3 N–H and O–H groups in total. The summed E-state index contributed by atoms with van der Waals surface area (Å²) < 4.78 is 5.10. The molecule has 1 amide bonds. The molecule has 1 aliphatic heterocycles. The van der Waals surface area contributed by atoms with Crippen LogP contribution in [0.4, 0.5) is 5.69 Å². The molecule has 0 unspecified atom stereocenters. The summed E-state index contributed by atoms with van der Waals surface area (Å²) >= 11 is 0. The minimum atomic E-state index is 0. The zero-order valence-corrected chi connectivity index (χ0v) is 20.8. The van der Waals surface area contributed by atoms with Crippen molar-refractivity contribution in [2.24, 2.45) is 4.99 Å². The Kier molecular flexibility index (Phi) is 13.4. The molecule has 1 fully saturated rings. The Balaban J connectivity index is 0.00000450. The van der Waals surface area contributed by atoms with Gasteiger partial charge in [0.2, 0.25) is 5.91 Å². The third-order valence-electron chi connectivity index (χ3n) is 4.78. The smallest absolute Gasteiger partial charge is 0.239 e. The Morgan fingerprint density at radius 1 is 1.27 bits per heavy atom. The van der Waals surface area contributed by atoms with E-state index >= 15 is 0 Å². The number of ether oxygens (including phenoxy) is 1. The lowest BCUT2D eigenvalue weighted by Crippen LogP contribution is -2.47. The highest BCUT2D eigenvalue weighted by atomic mass is 127. The number of aliphatic imine (C=N–C) groups is 1. The second-order valence-corrected chi connectivity index (χ2v) is 7.21. The largest absolute Gasteiger partial charge is 0.385 e. The number of anilines is 1. The average Bonchev–Trinajstić information content (AvgIpc) is 2.72. The standard InChI is InChI=1S/C21H36N6O2.HI/c1-4-22-21(24-10-13-26(2)12-5-15-29-3)25-16-18-6-8-19(9-7-18)27-14-11-23-20(28)17-27;/h6-9H,4-5,10-17H2,1-3H3,(H,23,28)(H2,22,24,25);1H. The van der Waals surface area contributed by atoms with Crippen molar-refractivity contribution in [2.45, 2.75) is 19.9 Å². The Morgan fingerprint density at radius 2 is 2.03 bits per heavy atom. The van der Waals surface area contributed by atoms with Gasteiger partial charge in [0, 0.05) is 58.7 Å². The monoisotopic (exact) mass is 532 g/mol. The molecular formula is C21H37IN6O2. The molecule has 170 valence electrons. The van der Waals surface area contributed by atoms with Crippen LogP contribution in [-0.4, -0.2) is 83.3 Å². The number of guanidine groups is 1. The number of rotatable bonds is 11. The number of carbonyl (C=O) groups excluding carboxylic acids is 1. The first-order chi connectivity index (χ1) is 14.1. The lowest BCUT2D eigenvalue weighted by atomic mass is 10.2. The maximum Gasteiger partial charge on any atom is 0.239 e. The van der Waals surface area contributed by atoms with Gasteiger partial charge in [-0.2, -0.15) is 0 Å². The van der Waals surface area contributed by atoms with Gasteiger partial charge in [0.15, 0.2) is 5.96 Å². The molecule has 0 spiro atoms. The van der Waals surface area contributed by atoms with Gasteiger partial charge < -0.3 is 30.5 Å². The van der Waals surface area contributed by atoms with Crippen molar-refractivity contribution < 1.29 is 9.53 Å². The Bertz CT molecular complexity index is 641. The summed E-state index contributed by atoms with van der Waals surface area (Å²) in [5, 5.41) is 9.54. The van der Waals surface area contributed by atoms with Crippen molar-refractivity contribution in [3.8, 4) is 0 Å². The highest BCUT2D eigenvalue weighted by Gasteiger charge is 2.16. The second-order valence-electron chi connectivity index (χ2n) is 7.21. The average molecular weight is 532 g/mol. The SMILES string of the molecule is CCNC(=NCc1ccc(N2CCNC(=O)C2)cc1)NCCN(C)CCCOC.I. The van der Waals surface area contributed by atoms with Gasteiger partial charge in [0.05, 0.1) is 13.1 Å². The topological polar surface area (TPSA) is 81.2 Å². The highest BCUT2D eigenvalue weighted by molar-refractivity contribution is 14.0. The molecular weight excluding hydrogens is 495 g/mol. The van der Waals surface area contributed by atoms with Crippen LogP contribution in [0.1, 0.15) is 18.9 Å². The molecule has 0 radical (unpaired) electrons. The Labute approximate surface area is 197 Å². The molecule has 1 heterocycles. The lowest BCUT2D eigenvalue weighted by Gasteiger charge is -2.28. The summed E-state index contributed by atoms with van der Waals surface area (Å²) in [4.78, 5) is 20.6. The molecule has 8 nitrogen and oxygen atoms in total. The molecule has 0 saturated carbocycles. The van der Waals surface area contributed by atoms with E-state index in [4.69, 9.17) is 4.74 Å². The van der Waals surface area contributed by atoms with Gasteiger partial charge in [0.1, 0.15) is 0 Å². The second kappa shape index (κ2) is 15.2. The number of piperazine rings is 1. The zero-order valence-electron chi connectivity index (χ0n) is 18.4. The van der Waals surface area contributed by atoms with Gasteiger partial charge in [0.25, 0.3) is 0 Å². The fourth-order valence-corrected chi connectivity index (χ4v) is 3.14. The van der Waals surface area contributed by atoms with Crippen LogP contribution in [0.2, 0.25) is 0 Å². The van der Waals surface area contributed by atoms with Crippen molar-refractivity contribution >= 4 is 41.5 Å². The van der Waals surface area contributed by atoms with Crippen LogP contribution in [0.5, 0.6) is 0 Å². The Hall–Kier alpha value is -1.59. The van der Waals surface area contributed by atoms with Crippen LogP contribution in [0, 0.1) is 0 Å². The number of nitrogens with zero attached hydrogens (tertiary/aromatic N) is 3. The summed E-state index contributed by atoms with van der Waals surface area (Å²) in [6.45, 7) is 9.08. The fraction of sp³-hybridized carbons (Fsp3) is 0.619. The molecule has 9 heteroatoms. The number of likely N-dealkylation sites (N-methyl/N-ethyl adjacent to an activating group) is 1. The van der Waals surface area contributed by atoms with E-state index in [2.05, 4.69) is 69.0 Å². The van der Waals surface area contributed by atoms with Crippen LogP contribution in [0.3, 0.4) is 0 Å². The zero-order chi connectivity index (χ0) is 20.9. The molecule has 1 aliphatic rings. The maximum absolute atomic E-state index is 11.6. The number of amides is 1.